The van der Waals surface area contributed by atoms with Crippen LogP contribution < -0.4 is 0 Å². The molecule has 1 N–H and O–H groups in total. The average Bonchev–Trinajstić information content (AvgIpc) is 3.06. The average molecular weight is 319 g/mol. The van der Waals surface area contributed by atoms with Crippen molar-refractivity contribution >= 4 is 18.0 Å². The lowest BCUT2D eigenvalue weighted by atomic mass is 10.0. The molecule has 0 bridgehead atoms. The Morgan fingerprint density at radius 3 is 2.33 bits per heavy atom. The minimum Gasteiger partial charge on any atom is -0.462 e. The van der Waals surface area contributed by atoms with E-state index in [4.69, 9.17) is 4.74 Å². The highest BCUT2D eigenvalue weighted by Crippen LogP contribution is 2.37. The second-order valence-corrected chi connectivity index (χ2v) is 5.04. The Hall–Kier alpha value is -3.21. The molecule has 0 amide bonds. The molecule has 1 aromatic heterocycles. The monoisotopic (exact) mass is 319 g/mol. The third-order valence-corrected chi connectivity index (χ3v) is 3.44. The van der Waals surface area contributed by atoms with Crippen molar-refractivity contribution in [2.75, 3.05) is 6.61 Å². The topological polar surface area (TPSA) is 67.3 Å². The van der Waals surface area contributed by atoms with Gasteiger partial charge >= 0.3 is 5.97 Å². The smallest absolute Gasteiger partial charge is 0.349 e. The number of H-pyrrole nitrogens is 1. The summed E-state index contributed by atoms with van der Waals surface area (Å²) in [5, 5.41) is 7.31. The molecule has 0 unspecified atom stereocenters. The van der Waals surface area contributed by atoms with Gasteiger partial charge in [0.25, 0.3) is 0 Å². The van der Waals surface area contributed by atoms with E-state index in [0.29, 0.717) is 12.4 Å². The number of ether oxygens (including phenoxy) is 1. The lowest BCUT2D eigenvalue weighted by Crippen LogP contribution is -2.04. The normalized spacial score (nSPS) is 10.9. The first-order valence-electron chi connectivity index (χ1n) is 7.69. The van der Waals surface area contributed by atoms with E-state index in [1.165, 1.54) is 0 Å². The first-order valence-corrected chi connectivity index (χ1v) is 7.69. The van der Waals surface area contributed by atoms with Crippen LogP contribution in [0, 0.1) is 0 Å². The predicted molar refractivity (Wildman–Crippen MR) is 94.2 cm³/mol. The summed E-state index contributed by atoms with van der Waals surface area (Å²) < 4.78 is 4.88. The molecule has 0 saturated heterocycles. The van der Waals surface area contributed by atoms with Crippen LogP contribution in [0.4, 0.5) is 5.82 Å². The number of carbonyl (C=O) groups excluding carboxylic acids is 1. The van der Waals surface area contributed by atoms with Gasteiger partial charge < -0.3 is 4.74 Å². The molecule has 5 heteroatoms. The number of rotatable bonds is 5. The Labute approximate surface area is 140 Å². The van der Waals surface area contributed by atoms with Crippen LogP contribution in [0.2, 0.25) is 0 Å². The fourth-order valence-electron chi connectivity index (χ4n) is 2.41. The van der Waals surface area contributed by atoms with Crippen molar-refractivity contribution < 1.29 is 9.53 Å². The Morgan fingerprint density at radius 1 is 1.08 bits per heavy atom. The summed E-state index contributed by atoms with van der Waals surface area (Å²) in [6, 6.07) is 19.7. The molecule has 5 nitrogen and oxygen atoms in total. The maximum absolute atomic E-state index is 11.5. The van der Waals surface area contributed by atoms with Gasteiger partial charge in [0.15, 0.2) is 5.82 Å². The minimum atomic E-state index is -0.479. The van der Waals surface area contributed by atoms with E-state index in [1.807, 2.05) is 60.7 Å². The standard InChI is InChI=1S/C19H17N3O2/c1-2-24-16(23)13-20-19-17(14-9-5-3-6-10-14)18(21-22-19)15-11-7-4-8-12-15/h3-13H,2H2,1H3,(H,21,22). The maximum atomic E-state index is 11.5. The molecule has 0 fully saturated rings. The Kier molecular flexibility index (Phi) is 4.81. The van der Waals surface area contributed by atoms with Crippen LogP contribution in [0.1, 0.15) is 6.92 Å². The summed E-state index contributed by atoms with van der Waals surface area (Å²) >= 11 is 0. The van der Waals surface area contributed by atoms with Gasteiger partial charge in [0.05, 0.1) is 12.2 Å². The number of nitrogens with zero attached hydrogens (tertiary/aromatic N) is 2. The van der Waals surface area contributed by atoms with Crippen LogP contribution in [0.5, 0.6) is 0 Å². The van der Waals surface area contributed by atoms with Crippen LogP contribution in [-0.2, 0) is 9.53 Å². The molecule has 0 radical (unpaired) electrons. The van der Waals surface area contributed by atoms with Crippen LogP contribution in [0.25, 0.3) is 22.4 Å². The number of carbonyl (C=O) groups is 1. The van der Waals surface area contributed by atoms with Crippen LogP contribution in [-0.4, -0.2) is 29.0 Å². The van der Waals surface area contributed by atoms with Crippen LogP contribution in [0.15, 0.2) is 65.7 Å². The van der Waals surface area contributed by atoms with E-state index in [2.05, 4.69) is 15.2 Å². The van der Waals surface area contributed by atoms with Crippen molar-refractivity contribution in [2.24, 2.45) is 4.99 Å². The van der Waals surface area contributed by atoms with Gasteiger partial charge in [0, 0.05) is 5.56 Å². The van der Waals surface area contributed by atoms with E-state index in [1.54, 1.807) is 6.92 Å². The summed E-state index contributed by atoms with van der Waals surface area (Å²) in [6.07, 6.45) is 1.16. The summed E-state index contributed by atoms with van der Waals surface area (Å²) in [7, 11) is 0. The predicted octanol–water partition coefficient (Wildman–Crippen LogP) is 4.01. The SMILES string of the molecule is CCOC(=O)C=Nc1[nH]nc(-c2ccccc2)c1-c1ccccc1. The largest absolute Gasteiger partial charge is 0.462 e. The molecule has 0 aliphatic rings. The van der Waals surface area contributed by atoms with E-state index in [-0.39, 0.29) is 0 Å². The quantitative estimate of drug-likeness (QED) is 0.571. The van der Waals surface area contributed by atoms with E-state index < -0.39 is 5.97 Å². The van der Waals surface area contributed by atoms with Gasteiger partial charge in [0.1, 0.15) is 11.9 Å². The molecule has 24 heavy (non-hydrogen) atoms. The highest BCUT2D eigenvalue weighted by Gasteiger charge is 2.16. The second-order valence-electron chi connectivity index (χ2n) is 5.04. The molecule has 120 valence electrons. The number of hydrogen-bond donors (Lipinski definition) is 1. The Bertz CT molecular complexity index is 840. The Morgan fingerprint density at radius 2 is 1.71 bits per heavy atom. The van der Waals surface area contributed by atoms with Gasteiger partial charge in [-0.15, -0.1) is 0 Å². The summed E-state index contributed by atoms with van der Waals surface area (Å²) in [5.74, 6) is 0.0421. The fourth-order valence-corrected chi connectivity index (χ4v) is 2.41. The summed E-state index contributed by atoms with van der Waals surface area (Å²) in [6.45, 7) is 2.07. The van der Waals surface area contributed by atoms with Crippen LogP contribution >= 0.6 is 0 Å². The molecule has 0 spiro atoms. The first kappa shape index (κ1) is 15.7. The molecule has 1 heterocycles. The van der Waals surface area contributed by atoms with Crippen molar-refractivity contribution in [3.05, 3.63) is 60.7 Å². The fraction of sp³-hybridized carbons (Fsp3) is 0.105. The number of hydrogen-bond acceptors (Lipinski definition) is 4. The molecule has 0 saturated carbocycles. The molecular formula is C19H17N3O2. The zero-order chi connectivity index (χ0) is 16.8. The zero-order valence-corrected chi connectivity index (χ0v) is 13.3. The first-order chi connectivity index (χ1) is 11.8. The molecule has 0 atom stereocenters. The zero-order valence-electron chi connectivity index (χ0n) is 13.3. The third-order valence-electron chi connectivity index (χ3n) is 3.44. The lowest BCUT2D eigenvalue weighted by molar-refractivity contribution is -0.134. The van der Waals surface area contributed by atoms with Crippen molar-refractivity contribution in [3.8, 4) is 22.4 Å². The Balaban J connectivity index is 2.07. The van der Waals surface area contributed by atoms with Crippen molar-refractivity contribution in [2.45, 2.75) is 6.92 Å². The minimum absolute atomic E-state index is 0.314. The van der Waals surface area contributed by atoms with Crippen LogP contribution in [0.3, 0.4) is 0 Å². The van der Waals surface area contributed by atoms with Gasteiger partial charge in [-0.1, -0.05) is 60.7 Å². The van der Waals surface area contributed by atoms with Gasteiger partial charge in [-0.05, 0) is 12.5 Å². The number of aromatic amines is 1. The lowest BCUT2D eigenvalue weighted by Gasteiger charge is -2.04. The number of aromatic nitrogens is 2. The van der Waals surface area contributed by atoms with E-state index >= 15 is 0 Å². The van der Waals surface area contributed by atoms with Gasteiger partial charge in [0.2, 0.25) is 0 Å². The molecule has 2 aromatic carbocycles. The number of esters is 1. The van der Waals surface area contributed by atoms with E-state index in [9.17, 15) is 4.79 Å². The molecule has 0 aliphatic heterocycles. The molecular weight excluding hydrogens is 302 g/mol. The van der Waals surface area contributed by atoms with Gasteiger partial charge in [-0.2, -0.15) is 5.10 Å². The van der Waals surface area contributed by atoms with Crippen molar-refractivity contribution in [1.82, 2.24) is 10.2 Å². The molecule has 3 rings (SSSR count). The maximum Gasteiger partial charge on any atom is 0.349 e. The molecule has 0 aliphatic carbocycles. The highest BCUT2D eigenvalue weighted by molar-refractivity contribution is 6.23. The number of nitrogens with one attached hydrogen (secondary N) is 1. The molecule has 3 aromatic rings. The van der Waals surface area contributed by atoms with E-state index in [0.717, 1.165) is 28.6 Å². The third kappa shape index (κ3) is 3.41. The van der Waals surface area contributed by atoms with Crippen molar-refractivity contribution in [1.29, 1.82) is 0 Å². The number of aliphatic imine (C=N–C) groups is 1. The highest BCUT2D eigenvalue weighted by atomic mass is 16.5. The second kappa shape index (κ2) is 7.37. The van der Waals surface area contributed by atoms with Crippen molar-refractivity contribution in [3.63, 3.8) is 0 Å². The summed E-state index contributed by atoms with van der Waals surface area (Å²) in [4.78, 5) is 15.8. The van der Waals surface area contributed by atoms with Gasteiger partial charge in [-0.3, -0.25) is 5.10 Å². The number of benzene rings is 2. The summed E-state index contributed by atoms with van der Waals surface area (Å²) in [5.41, 5.74) is 3.59. The van der Waals surface area contributed by atoms with Gasteiger partial charge in [-0.25, -0.2) is 9.79 Å².